The van der Waals surface area contributed by atoms with E-state index in [9.17, 15) is 9.59 Å². The maximum Gasteiger partial charge on any atom is 0.332 e. The van der Waals surface area contributed by atoms with Crippen molar-refractivity contribution in [3.8, 4) is 0 Å². The van der Waals surface area contributed by atoms with E-state index in [0.29, 0.717) is 6.42 Å². The molecule has 0 spiro atoms. The fourth-order valence-electron chi connectivity index (χ4n) is 0.711. The zero-order valence-corrected chi connectivity index (χ0v) is 9.22. The highest BCUT2D eigenvalue weighted by Gasteiger charge is 2.04. The zero-order valence-electron chi connectivity index (χ0n) is 7.64. The Kier molecular flexibility index (Phi) is 7.68. The zero-order chi connectivity index (χ0) is 10.1. The Morgan fingerprint density at radius 1 is 1.38 bits per heavy atom. The highest BCUT2D eigenvalue weighted by Crippen LogP contribution is 1.99. The van der Waals surface area contributed by atoms with Crippen LogP contribution in [-0.2, 0) is 14.4 Å². The number of carbonyl (C=O) groups is 2. The van der Waals surface area contributed by atoms with Gasteiger partial charge in [0.15, 0.2) is 0 Å². The third-order valence-electron chi connectivity index (χ3n) is 1.38. The molecule has 1 N–H and O–H groups in total. The Bertz CT molecular complexity index is 173. The molecule has 0 saturated heterocycles. The summed E-state index contributed by atoms with van der Waals surface area (Å²) >= 11 is 2.93. The first-order chi connectivity index (χ1) is 6.20. The summed E-state index contributed by atoms with van der Waals surface area (Å²) in [5.41, 5.74) is 2.02. The molecule has 76 valence electrons. The molecule has 0 aliphatic rings. The molecule has 5 heteroatoms. The van der Waals surface area contributed by atoms with Crippen molar-refractivity contribution in [2.45, 2.75) is 32.6 Å². The number of carbonyl (C=O) groups excluding carboxylic acids is 2. The summed E-state index contributed by atoms with van der Waals surface area (Å²) in [6.07, 6.45) is 3.22. The van der Waals surface area contributed by atoms with E-state index in [1.165, 1.54) is 0 Å². The van der Waals surface area contributed by atoms with Gasteiger partial charge in [-0.3, -0.25) is 4.79 Å². The van der Waals surface area contributed by atoms with E-state index in [1.807, 2.05) is 5.48 Å². The molecule has 0 aromatic carbocycles. The first-order valence-electron chi connectivity index (χ1n) is 4.25. The average Bonchev–Trinajstić information content (AvgIpc) is 2.14. The predicted octanol–water partition coefficient (Wildman–Crippen LogP) is 1.54. The smallest absolute Gasteiger partial charge is 0.332 e. The summed E-state index contributed by atoms with van der Waals surface area (Å²) in [7, 11) is 0. The normalized spacial score (nSPS) is 9.38. The van der Waals surface area contributed by atoms with Gasteiger partial charge in [0.25, 0.3) is 5.91 Å². The lowest BCUT2D eigenvalue weighted by atomic mass is 10.2. The number of alkyl halides is 1. The molecule has 0 aromatic rings. The van der Waals surface area contributed by atoms with Crippen molar-refractivity contribution in [3.05, 3.63) is 0 Å². The van der Waals surface area contributed by atoms with Crippen LogP contribution in [0.1, 0.15) is 32.6 Å². The third kappa shape index (κ3) is 7.77. The van der Waals surface area contributed by atoms with Gasteiger partial charge in [-0.25, -0.2) is 4.79 Å². The van der Waals surface area contributed by atoms with Crippen molar-refractivity contribution in [3.63, 3.8) is 0 Å². The summed E-state index contributed by atoms with van der Waals surface area (Å²) < 4.78 is 0. The molecule has 4 nitrogen and oxygen atoms in total. The van der Waals surface area contributed by atoms with Crippen molar-refractivity contribution in [1.29, 1.82) is 0 Å². The highest BCUT2D eigenvalue weighted by molar-refractivity contribution is 9.09. The molecule has 0 aromatic heterocycles. The fraction of sp³-hybridized carbons (Fsp3) is 0.750. The largest absolute Gasteiger partial charge is 0.341 e. The predicted molar refractivity (Wildman–Crippen MR) is 52.2 cm³/mol. The maximum atomic E-state index is 10.9. The lowest BCUT2D eigenvalue weighted by Gasteiger charge is -2.02. The summed E-state index contributed by atoms with van der Waals surface area (Å²) in [5, 5.41) is 0.134. The molecular formula is C8H14BrNO3. The van der Waals surface area contributed by atoms with Crippen LogP contribution in [0.25, 0.3) is 0 Å². The van der Waals surface area contributed by atoms with E-state index in [0.717, 1.165) is 19.3 Å². The Labute approximate surface area is 86.1 Å². The van der Waals surface area contributed by atoms with Gasteiger partial charge < -0.3 is 4.84 Å². The second-order valence-electron chi connectivity index (χ2n) is 2.59. The maximum absolute atomic E-state index is 10.9. The van der Waals surface area contributed by atoms with Gasteiger partial charge in [0.2, 0.25) is 0 Å². The summed E-state index contributed by atoms with van der Waals surface area (Å²) in [6, 6.07) is 0. The first kappa shape index (κ1) is 12.4. The second-order valence-corrected chi connectivity index (χ2v) is 3.15. The number of unbranched alkanes of at least 4 members (excludes halogenated alkanes) is 2. The topological polar surface area (TPSA) is 55.4 Å². The van der Waals surface area contributed by atoms with Crippen molar-refractivity contribution in [2.75, 3.05) is 5.33 Å². The summed E-state index contributed by atoms with van der Waals surface area (Å²) in [4.78, 5) is 26.0. The van der Waals surface area contributed by atoms with E-state index < -0.39 is 0 Å². The summed E-state index contributed by atoms with van der Waals surface area (Å²) in [6.45, 7) is 2.05. The van der Waals surface area contributed by atoms with E-state index in [1.54, 1.807) is 0 Å². The van der Waals surface area contributed by atoms with E-state index in [4.69, 9.17) is 0 Å². The van der Waals surface area contributed by atoms with E-state index >= 15 is 0 Å². The molecule has 13 heavy (non-hydrogen) atoms. The van der Waals surface area contributed by atoms with Crippen molar-refractivity contribution >= 4 is 27.8 Å². The van der Waals surface area contributed by atoms with E-state index in [2.05, 4.69) is 27.7 Å². The number of halogens is 1. The van der Waals surface area contributed by atoms with Gasteiger partial charge in [0, 0.05) is 6.42 Å². The molecule has 0 aliphatic heterocycles. The number of nitrogens with one attached hydrogen (secondary N) is 1. The van der Waals surface area contributed by atoms with Gasteiger partial charge in [-0.2, -0.15) is 5.48 Å². The van der Waals surface area contributed by atoms with Crippen LogP contribution in [0, 0.1) is 0 Å². The monoisotopic (exact) mass is 251 g/mol. The number of rotatable bonds is 5. The third-order valence-corrected chi connectivity index (χ3v) is 1.89. The van der Waals surface area contributed by atoms with Gasteiger partial charge in [0.1, 0.15) is 0 Å². The van der Waals surface area contributed by atoms with Crippen LogP contribution in [0.2, 0.25) is 0 Å². The molecule has 0 bridgehead atoms. The quantitative estimate of drug-likeness (QED) is 0.458. The lowest BCUT2D eigenvalue weighted by molar-refractivity contribution is -0.157. The minimum absolute atomic E-state index is 0.134. The Hall–Kier alpha value is -0.580. The van der Waals surface area contributed by atoms with Crippen molar-refractivity contribution in [1.82, 2.24) is 5.48 Å². The van der Waals surface area contributed by atoms with Gasteiger partial charge in [-0.1, -0.05) is 35.7 Å². The minimum Gasteiger partial charge on any atom is -0.341 e. The average molecular weight is 252 g/mol. The van der Waals surface area contributed by atoms with Crippen LogP contribution < -0.4 is 5.48 Å². The standard InChI is InChI=1S/C8H14BrNO3/c1-2-3-4-5-8(12)13-10-7(11)6-9/h2-6H2,1H3,(H,10,11). The highest BCUT2D eigenvalue weighted by atomic mass is 79.9. The molecule has 0 fully saturated rings. The summed E-state index contributed by atoms with van der Waals surface area (Å²) in [5.74, 6) is -0.744. The van der Waals surface area contributed by atoms with Crippen molar-refractivity contribution in [2.24, 2.45) is 0 Å². The molecule has 1 amide bonds. The first-order valence-corrected chi connectivity index (χ1v) is 5.37. The molecule has 0 atom stereocenters. The number of hydroxylamine groups is 1. The second kappa shape index (κ2) is 8.04. The SMILES string of the molecule is CCCCCC(=O)ONC(=O)CBr. The number of hydrogen-bond donors (Lipinski definition) is 1. The number of amides is 1. The molecular weight excluding hydrogens is 238 g/mol. The fourth-order valence-corrected chi connectivity index (χ4v) is 0.826. The molecule has 0 aliphatic carbocycles. The van der Waals surface area contributed by atoms with Crippen LogP contribution in [0.4, 0.5) is 0 Å². The van der Waals surface area contributed by atoms with Crippen LogP contribution in [0.5, 0.6) is 0 Å². The molecule has 0 rings (SSSR count). The lowest BCUT2D eigenvalue weighted by Crippen LogP contribution is -2.27. The van der Waals surface area contributed by atoms with Crippen LogP contribution in [-0.4, -0.2) is 17.2 Å². The van der Waals surface area contributed by atoms with Gasteiger partial charge in [-0.05, 0) is 6.42 Å². The molecule has 0 saturated carbocycles. The van der Waals surface area contributed by atoms with Gasteiger partial charge >= 0.3 is 5.97 Å². The van der Waals surface area contributed by atoms with Crippen LogP contribution in [0.3, 0.4) is 0 Å². The van der Waals surface area contributed by atoms with Crippen LogP contribution in [0.15, 0.2) is 0 Å². The van der Waals surface area contributed by atoms with Crippen LogP contribution >= 0.6 is 15.9 Å². The Morgan fingerprint density at radius 3 is 2.62 bits per heavy atom. The van der Waals surface area contributed by atoms with Crippen molar-refractivity contribution < 1.29 is 14.4 Å². The van der Waals surface area contributed by atoms with Gasteiger partial charge in [-0.15, -0.1) is 0 Å². The Morgan fingerprint density at radius 2 is 2.08 bits per heavy atom. The minimum atomic E-state index is -0.386. The molecule has 0 radical (unpaired) electrons. The Balaban J connectivity index is 3.35. The molecule has 0 heterocycles. The van der Waals surface area contributed by atoms with Gasteiger partial charge in [0.05, 0.1) is 5.33 Å². The van der Waals surface area contributed by atoms with E-state index in [-0.39, 0.29) is 17.2 Å². The molecule has 0 unspecified atom stereocenters. The number of hydrogen-bond acceptors (Lipinski definition) is 3.